The van der Waals surface area contributed by atoms with E-state index in [-0.39, 0.29) is 109 Å². The van der Waals surface area contributed by atoms with Crippen molar-refractivity contribution in [2.75, 3.05) is 0 Å². The maximum atomic E-state index is 11.2. The number of aryl methyl sites for hydroxylation is 1. The number of unbranched alkanes of at least 4 members (excludes halogenated alkanes) is 12. The van der Waals surface area contributed by atoms with Crippen LogP contribution in [0.4, 0.5) is 0 Å². The molecule has 0 amide bonds. The van der Waals surface area contributed by atoms with Gasteiger partial charge in [-0.05, 0) is 42.9 Å². The van der Waals surface area contributed by atoms with Crippen molar-refractivity contribution in [3.63, 3.8) is 0 Å². The van der Waals surface area contributed by atoms with Crippen LogP contribution in [0.3, 0.4) is 0 Å². The van der Waals surface area contributed by atoms with E-state index in [2.05, 4.69) is 19.9 Å². The average Bonchev–Trinajstić information content (AvgIpc) is 2.67. The van der Waals surface area contributed by atoms with Gasteiger partial charge in [-0.2, -0.15) is 0 Å². The summed E-state index contributed by atoms with van der Waals surface area (Å²) < 4.78 is 16.0. The van der Waals surface area contributed by atoms with E-state index in [0.29, 0.717) is 0 Å². The van der Waals surface area contributed by atoms with Crippen LogP contribution in [-0.2, 0) is 17.4 Å². The third-order valence-electron chi connectivity index (χ3n) is 5.52. The van der Waals surface area contributed by atoms with Gasteiger partial charge in [0.05, 0.1) is 0 Å². The summed E-state index contributed by atoms with van der Waals surface area (Å²) in [6.45, 7) is 4.44. The summed E-state index contributed by atoms with van der Waals surface area (Å²) in [5.74, 6) is 0.241. The molecule has 0 fully saturated rings. The SMILES string of the molecule is CCCCCCCCCc1cccc(OP(=O)([O-])[O-])c1CCCCCCCCC.[K+].[K+]. The molecule has 0 saturated heterocycles. The normalized spacial score (nSPS) is 11.0. The molecule has 0 aliphatic carbocycles. The molecule has 0 saturated carbocycles. The summed E-state index contributed by atoms with van der Waals surface area (Å²) in [5, 5.41) is 0. The zero-order chi connectivity index (χ0) is 21.4. The molecule has 1 rings (SSSR count). The Labute approximate surface area is 276 Å². The Hall–Kier alpha value is 2.44. The van der Waals surface area contributed by atoms with Gasteiger partial charge in [0.2, 0.25) is 0 Å². The Morgan fingerprint density at radius 2 is 1.16 bits per heavy atom. The van der Waals surface area contributed by atoms with Gasteiger partial charge < -0.3 is 18.9 Å². The van der Waals surface area contributed by atoms with E-state index in [9.17, 15) is 14.4 Å². The topological polar surface area (TPSA) is 72.4 Å². The number of hydrogen-bond acceptors (Lipinski definition) is 4. The Morgan fingerprint density at radius 1 is 0.710 bits per heavy atom. The van der Waals surface area contributed by atoms with E-state index in [4.69, 9.17) is 4.52 Å². The van der Waals surface area contributed by atoms with E-state index < -0.39 is 7.82 Å². The molecule has 7 heteroatoms. The van der Waals surface area contributed by atoms with Crippen LogP contribution < -0.4 is 117 Å². The fraction of sp³-hybridized carbons (Fsp3) is 0.750. The first-order valence-corrected chi connectivity index (χ1v) is 13.3. The summed E-state index contributed by atoms with van der Waals surface area (Å²) >= 11 is 0. The van der Waals surface area contributed by atoms with E-state index in [1.807, 2.05) is 0 Å². The van der Waals surface area contributed by atoms with Crippen LogP contribution in [0, 0.1) is 0 Å². The molecule has 4 nitrogen and oxygen atoms in total. The summed E-state index contributed by atoms with van der Waals surface area (Å²) in [6.07, 6.45) is 18.8. The van der Waals surface area contributed by atoms with Crippen LogP contribution in [-0.4, -0.2) is 0 Å². The molecule has 168 valence electrons. The predicted molar refractivity (Wildman–Crippen MR) is 118 cm³/mol. The maximum absolute atomic E-state index is 11.2. The van der Waals surface area contributed by atoms with E-state index >= 15 is 0 Å². The number of benzene rings is 1. The van der Waals surface area contributed by atoms with Crippen LogP contribution in [0.25, 0.3) is 0 Å². The smallest absolute Gasteiger partial charge is 0.780 e. The molecule has 0 aliphatic rings. The predicted octanol–water partition coefficient (Wildman–Crippen LogP) is 0.488. The van der Waals surface area contributed by atoms with E-state index in [0.717, 1.165) is 43.2 Å². The molecule has 0 unspecified atom stereocenters. The maximum Gasteiger partial charge on any atom is 1.00 e. The largest absolute Gasteiger partial charge is 1.00 e. The molecular weight excluding hydrogens is 461 g/mol. The van der Waals surface area contributed by atoms with Gasteiger partial charge in [0.25, 0.3) is 0 Å². The van der Waals surface area contributed by atoms with E-state index in [1.54, 1.807) is 12.1 Å². The Kier molecular flexibility index (Phi) is 26.3. The van der Waals surface area contributed by atoms with Gasteiger partial charge in [0, 0.05) is 0 Å². The van der Waals surface area contributed by atoms with Crippen molar-refractivity contribution in [3.8, 4) is 5.75 Å². The van der Waals surface area contributed by atoms with Crippen LogP contribution in [0.1, 0.15) is 115 Å². The fourth-order valence-electron chi connectivity index (χ4n) is 3.87. The summed E-state index contributed by atoms with van der Waals surface area (Å²) in [7, 11) is -5.04. The second kappa shape index (κ2) is 22.9. The minimum Gasteiger partial charge on any atom is -0.780 e. The number of phosphoric ester groups is 1. The van der Waals surface area contributed by atoms with Gasteiger partial charge in [-0.15, -0.1) is 0 Å². The van der Waals surface area contributed by atoms with Crippen molar-refractivity contribution >= 4 is 7.82 Å². The molecule has 0 radical (unpaired) electrons. The first kappa shape index (κ1) is 35.6. The molecule has 0 heterocycles. The third-order valence-corrected chi connectivity index (χ3v) is 5.94. The zero-order valence-corrected chi connectivity index (χ0v) is 27.8. The third kappa shape index (κ3) is 19.3. The first-order chi connectivity index (χ1) is 14.0. The van der Waals surface area contributed by atoms with Crippen molar-refractivity contribution in [2.24, 2.45) is 0 Å². The van der Waals surface area contributed by atoms with Crippen molar-refractivity contribution in [1.29, 1.82) is 0 Å². The molecular formula is C24H41K2O4P. The van der Waals surface area contributed by atoms with Crippen molar-refractivity contribution < 1.29 is 122 Å². The molecule has 0 aliphatic heterocycles. The summed E-state index contributed by atoms with van der Waals surface area (Å²) in [6, 6.07) is 5.48. The van der Waals surface area contributed by atoms with Crippen molar-refractivity contribution in [3.05, 3.63) is 29.3 Å². The van der Waals surface area contributed by atoms with Crippen molar-refractivity contribution in [2.45, 2.75) is 117 Å². The zero-order valence-electron chi connectivity index (χ0n) is 20.6. The molecule has 0 atom stereocenters. The fourth-order valence-corrected chi connectivity index (χ4v) is 4.28. The first-order valence-electron chi connectivity index (χ1n) is 11.8. The molecule has 31 heavy (non-hydrogen) atoms. The van der Waals surface area contributed by atoms with Crippen LogP contribution >= 0.6 is 7.82 Å². The van der Waals surface area contributed by atoms with Gasteiger partial charge in [-0.3, -0.25) is 0 Å². The summed E-state index contributed by atoms with van der Waals surface area (Å²) in [4.78, 5) is 22.4. The molecule has 0 spiro atoms. The van der Waals surface area contributed by atoms with Gasteiger partial charge >= 0.3 is 103 Å². The standard InChI is InChI=1S/C24H43O4P.2K/c1-3-5-7-9-11-13-15-18-22-19-17-21-24(28-29(25,26)27)23(22)20-16-14-12-10-8-6-4-2;;/h17,19,21H,3-16,18,20H2,1-2H3,(H2,25,26,27);;/q;2*+1/p-2. The van der Waals surface area contributed by atoms with Gasteiger partial charge in [0.1, 0.15) is 13.6 Å². The van der Waals surface area contributed by atoms with Crippen LogP contribution in [0.2, 0.25) is 0 Å². The van der Waals surface area contributed by atoms with E-state index in [1.165, 1.54) is 70.6 Å². The van der Waals surface area contributed by atoms with Gasteiger partial charge in [-0.25, -0.2) is 0 Å². The average molecular weight is 503 g/mol. The van der Waals surface area contributed by atoms with Crippen molar-refractivity contribution in [1.82, 2.24) is 0 Å². The minimum absolute atomic E-state index is 0. The molecule has 0 N–H and O–H groups in total. The second-order valence-corrected chi connectivity index (χ2v) is 9.25. The molecule has 0 bridgehead atoms. The minimum atomic E-state index is -5.04. The summed E-state index contributed by atoms with van der Waals surface area (Å²) in [5.41, 5.74) is 2.05. The molecule has 1 aromatic rings. The second-order valence-electron chi connectivity index (χ2n) is 8.17. The Morgan fingerprint density at radius 3 is 1.65 bits per heavy atom. The molecule has 0 aromatic heterocycles. The number of hydrogen-bond donors (Lipinski definition) is 0. The number of phosphoric acid groups is 1. The van der Waals surface area contributed by atoms with Gasteiger partial charge in [-0.1, -0.05) is 103 Å². The van der Waals surface area contributed by atoms with Crippen LogP contribution in [0.5, 0.6) is 5.75 Å². The number of rotatable bonds is 18. The Balaban J connectivity index is 0. The monoisotopic (exact) mass is 502 g/mol. The Bertz CT molecular complexity index is 593. The van der Waals surface area contributed by atoms with Gasteiger partial charge in [0.15, 0.2) is 0 Å². The molecule has 1 aromatic carbocycles. The quantitative estimate of drug-likeness (QED) is 0.166. The van der Waals surface area contributed by atoms with Crippen LogP contribution in [0.15, 0.2) is 18.2 Å².